The quantitative estimate of drug-likeness (QED) is 0.533. The van der Waals surface area contributed by atoms with E-state index in [1.54, 1.807) is 7.11 Å². The molecule has 0 aliphatic rings. The predicted octanol–water partition coefficient (Wildman–Crippen LogP) is 1.71. The monoisotopic (exact) mass is 311 g/mol. The third kappa shape index (κ3) is 13.1. The highest BCUT2D eigenvalue weighted by Gasteiger charge is 2.16. The Morgan fingerprint density at radius 2 is 1.59 bits per heavy atom. The number of ether oxygens (including phenoxy) is 2. The first-order chi connectivity index (χ1) is 10.6. The Bertz CT molecular complexity index is 370. The van der Waals surface area contributed by atoms with Gasteiger partial charge in [-0.15, -0.1) is 0 Å². The molecule has 0 saturated carbocycles. The number of methoxy groups -OCH3 is 2. The van der Waals surface area contributed by atoms with E-state index >= 15 is 0 Å². The van der Waals surface area contributed by atoms with Gasteiger partial charge in [0.2, 0.25) is 0 Å². The van der Waals surface area contributed by atoms with Crippen molar-refractivity contribution in [3.8, 4) is 0 Å². The highest BCUT2D eigenvalue weighted by molar-refractivity contribution is 5.72. The number of carbonyl (C=O) groups excluding carboxylic acids is 1. The standard InChI is InChI=1S/C10H19NO5.C6H6/c1-15-5-3-4-11-8(6-9(12)13)7-10(14)16-2;1-2-4-6-5-3-1/h8,11H,3-7H2,1-2H3,(H,12,13);1-6H. The molecule has 0 saturated heterocycles. The van der Waals surface area contributed by atoms with Crippen LogP contribution in [0.2, 0.25) is 0 Å². The number of benzene rings is 1. The van der Waals surface area contributed by atoms with E-state index in [9.17, 15) is 9.59 Å². The summed E-state index contributed by atoms with van der Waals surface area (Å²) in [5.74, 6) is -1.35. The smallest absolute Gasteiger partial charge is 0.307 e. The lowest BCUT2D eigenvalue weighted by atomic mass is 10.1. The predicted molar refractivity (Wildman–Crippen MR) is 83.6 cm³/mol. The Morgan fingerprint density at radius 3 is 2.00 bits per heavy atom. The molecule has 2 N–H and O–H groups in total. The van der Waals surface area contributed by atoms with Crippen LogP contribution < -0.4 is 5.32 Å². The Balaban J connectivity index is 0.000000604. The SMILES string of the molecule is COCCCNC(CC(=O)O)CC(=O)OC.c1ccccc1. The van der Waals surface area contributed by atoms with Crippen molar-refractivity contribution in [1.29, 1.82) is 0 Å². The Morgan fingerprint density at radius 1 is 1.05 bits per heavy atom. The number of esters is 1. The maximum absolute atomic E-state index is 11.0. The summed E-state index contributed by atoms with van der Waals surface area (Å²) in [6.07, 6.45) is 0.742. The zero-order valence-corrected chi connectivity index (χ0v) is 13.2. The van der Waals surface area contributed by atoms with Crippen molar-refractivity contribution in [2.45, 2.75) is 25.3 Å². The molecule has 1 atom stereocenters. The molecule has 6 heteroatoms. The fourth-order valence-electron chi connectivity index (χ4n) is 1.62. The fourth-order valence-corrected chi connectivity index (χ4v) is 1.62. The molecule has 1 rings (SSSR count). The highest BCUT2D eigenvalue weighted by atomic mass is 16.5. The third-order valence-electron chi connectivity index (χ3n) is 2.69. The van der Waals surface area contributed by atoms with Crippen LogP contribution in [0, 0.1) is 0 Å². The van der Waals surface area contributed by atoms with E-state index in [0.29, 0.717) is 13.2 Å². The van der Waals surface area contributed by atoms with Crippen LogP contribution >= 0.6 is 0 Å². The van der Waals surface area contributed by atoms with Gasteiger partial charge in [0.05, 0.1) is 20.0 Å². The van der Waals surface area contributed by atoms with Crippen LogP contribution in [0.15, 0.2) is 36.4 Å². The lowest BCUT2D eigenvalue weighted by Gasteiger charge is -2.15. The average Bonchev–Trinajstić information content (AvgIpc) is 2.53. The lowest BCUT2D eigenvalue weighted by Crippen LogP contribution is -2.34. The maximum Gasteiger partial charge on any atom is 0.307 e. The van der Waals surface area contributed by atoms with E-state index in [2.05, 4.69) is 10.1 Å². The van der Waals surface area contributed by atoms with E-state index in [1.165, 1.54) is 7.11 Å². The van der Waals surface area contributed by atoms with Gasteiger partial charge in [0.1, 0.15) is 0 Å². The van der Waals surface area contributed by atoms with Gasteiger partial charge in [-0.25, -0.2) is 0 Å². The molecular weight excluding hydrogens is 286 g/mol. The molecule has 1 aromatic rings. The molecule has 0 radical (unpaired) electrons. The number of rotatable bonds is 9. The summed E-state index contributed by atoms with van der Waals surface area (Å²) in [5, 5.41) is 11.6. The minimum Gasteiger partial charge on any atom is -0.481 e. The van der Waals surface area contributed by atoms with Gasteiger partial charge in [0.25, 0.3) is 0 Å². The number of carboxylic acid groups (broad SMARTS) is 1. The van der Waals surface area contributed by atoms with Crippen LogP contribution in [-0.2, 0) is 19.1 Å². The first-order valence-corrected chi connectivity index (χ1v) is 7.11. The van der Waals surface area contributed by atoms with E-state index < -0.39 is 11.9 Å². The second-order valence-corrected chi connectivity index (χ2v) is 4.53. The minimum absolute atomic E-state index is 0.0653. The van der Waals surface area contributed by atoms with Crippen molar-refractivity contribution >= 4 is 11.9 Å². The molecular formula is C16H25NO5. The van der Waals surface area contributed by atoms with Crippen LogP contribution in [0.5, 0.6) is 0 Å². The summed E-state index contributed by atoms with van der Waals surface area (Å²) >= 11 is 0. The summed E-state index contributed by atoms with van der Waals surface area (Å²) in [6, 6.07) is 11.6. The average molecular weight is 311 g/mol. The fraction of sp³-hybridized carbons (Fsp3) is 0.500. The van der Waals surface area contributed by atoms with Crippen molar-refractivity contribution in [3.63, 3.8) is 0 Å². The van der Waals surface area contributed by atoms with E-state index in [-0.39, 0.29) is 18.9 Å². The van der Waals surface area contributed by atoms with Crippen molar-refractivity contribution in [1.82, 2.24) is 5.32 Å². The molecule has 0 heterocycles. The van der Waals surface area contributed by atoms with Gasteiger partial charge in [-0.05, 0) is 13.0 Å². The van der Waals surface area contributed by atoms with Gasteiger partial charge in [-0.1, -0.05) is 36.4 Å². The van der Waals surface area contributed by atoms with Crippen LogP contribution in [0.1, 0.15) is 19.3 Å². The second-order valence-electron chi connectivity index (χ2n) is 4.53. The first kappa shape index (κ1) is 20.1. The Kier molecular flexibility index (Phi) is 12.8. The second kappa shape index (κ2) is 14.0. The normalized spacial score (nSPS) is 11.0. The van der Waals surface area contributed by atoms with Gasteiger partial charge in [-0.2, -0.15) is 0 Å². The van der Waals surface area contributed by atoms with Gasteiger partial charge in [0.15, 0.2) is 0 Å². The van der Waals surface area contributed by atoms with Gasteiger partial charge in [0, 0.05) is 19.8 Å². The Labute approximate surface area is 131 Å². The summed E-state index contributed by atoms with van der Waals surface area (Å²) in [6.45, 7) is 1.22. The van der Waals surface area contributed by atoms with Gasteiger partial charge in [-0.3, -0.25) is 9.59 Å². The Hall–Kier alpha value is -1.92. The van der Waals surface area contributed by atoms with E-state index in [1.807, 2.05) is 36.4 Å². The topological polar surface area (TPSA) is 84.9 Å². The molecule has 0 aliphatic heterocycles. The van der Waals surface area contributed by atoms with E-state index in [0.717, 1.165) is 6.42 Å². The summed E-state index contributed by atoms with van der Waals surface area (Å²) < 4.78 is 9.35. The molecule has 0 fully saturated rings. The van der Waals surface area contributed by atoms with E-state index in [4.69, 9.17) is 9.84 Å². The molecule has 0 spiro atoms. The number of hydrogen-bond acceptors (Lipinski definition) is 5. The van der Waals surface area contributed by atoms with Gasteiger partial charge < -0.3 is 19.9 Å². The van der Waals surface area contributed by atoms with Crippen LogP contribution in [-0.4, -0.2) is 50.5 Å². The third-order valence-corrected chi connectivity index (χ3v) is 2.69. The van der Waals surface area contributed by atoms with Crippen molar-refractivity contribution < 1.29 is 24.2 Å². The molecule has 124 valence electrons. The molecule has 0 bridgehead atoms. The van der Waals surface area contributed by atoms with Crippen LogP contribution in [0.3, 0.4) is 0 Å². The van der Waals surface area contributed by atoms with Crippen LogP contribution in [0.25, 0.3) is 0 Å². The van der Waals surface area contributed by atoms with Crippen molar-refractivity contribution in [2.75, 3.05) is 27.4 Å². The number of nitrogens with one attached hydrogen (secondary N) is 1. The summed E-state index contributed by atoms with van der Waals surface area (Å²) in [5.41, 5.74) is 0. The zero-order chi connectivity index (χ0) is 16.6. The number of hydrogen-bond donors (Lipinski definition) is 2. The number of aliphatic carboxylic acids is 1. The molecule has 22 heavy (non-hydrogen) atoms. The summed E-state index contributed by atoms with van der Waals surface area (Å²) in [4.78, 5) is 21.6. The first-order valence-electron chi connectivity index (χ1n) is 7.11. The molecule has 0 amide bonds. The zero-order valence-electron chi connectivity index (χ0n) is 13.2. The molecule has 1 aromatic carbocycles. The van der Waals surface area contributed by atoms with Gasteiger partial charge >= 0.3 is 11.9 Å². The van der Waals surface area contributed by atoms with Crippen molar-refractivity contribution in [2.24, 2.45) is 0 Å². The van der Waals surface area contributed by atoms with Crippen LogP contribution in [0.4, 0.5) is 0 Å². The minimum atomic E-state index is -0.937. The maximum atomic E-state index is 11.0. The number of carboxylic acids is 1. The van der Waals surface area contributed by atoms with Crippen molar-refractivity contribution in [3.05, 3.63) is 36.4 Å². The number of carbonyl (C=O) groups is 2. The summed E-state index contributed by atoms with van der Waals surface area (Å²) in [7, 11) is 2.88. The largest absolute Gasteiger partial charge is 0.481 e. The molecule has 1 unspecified atom stereocenters. The lowest BCUT2D eigenvalue weighted by molar-refractivity contribution is -0.142. The molecule has 0 aromatic heterocycles. The molecule has 6 nitrogen and oxygen atoms in total. The molecule has 0 aliphatic carbocycles. The highest BCUT2D eigenvalue weighted by Crippen LogP contribution is 2.00.